The number of benzene rings is 1. The van der Waals surface area contributed by atoms with Crippen molar-refractivity contribution >= 4 is 5.91 Å². The molecule has 0 bridgehead atoms. The van der Waals surface area contributed by atoms with Crippen LogP contribution in [0.2, 0.25) is 0 Å². The Kier molecular flexibility index (Phi) is 4.07. The van der Waals surface area contributed by atoms with Gasteiger partial charge in [-0.1, -0.05) is 19.1 Å². The minimum Gasteiger partial charge on any atom is -0.493 e. The first-order chi connectivity index (χ1) is 8.74. The molecular formula is C14H19NO3. The quantitative estimate of drug-likeness (QED) is 0.840. The van der Waals surface area contributed by atoms with E-state index in [0.717, 1.165) is 12.8 Å². The van der Waals surface area contributed by atoms with Crippen molar-refractivity contribution in [3.8, 4) is 11.5 Å². The van der Waals surface area contributed by atoms with Crippen LogP contribution in [0.5, 0.6) is 11.5 Å². The van der Waals surface area contributed by atoms with E-state index in [2.05, 4.69) is 5.32 Å². The Labute approximate surface area is 107 Å². The van der Waals surface area contributed by atoms with Crippen LogP contribution < -0.4 is 14.8 Å². The highest BCUT2D eigenvalue weighted by atomic mass is 16.5. The SMILES string of the molecule is CCC(Oc1ccccc1OC)C(=O)NC1CC1. The summed E-state index contributed by atoms with van der Waals surface area (Å²) in [6.45, 7) is 1.94. The fourth-order valence-corrected chi connectivity index (χ4v) is 1.71. The third-order valence-electron chi connectivity index (χ3n) is 2.93. The van der Waals surface area contributed by atoms with Gasteiger partial charge in [-0.3, -0.25) is 4.79 Å². The van der Waals surface area contributed by atoms with Crippen LogP contribution in [0, 0.1) is 0 Å². The summed E-state index contributed by atoms with van der Waals surface area (Å²) in [5.41, 5.74) is 0. The highest BCUT2D eigenvalue weighted by molar-refractivity contribution is 5.81. The van der Waals surface area contributed by atoms with Gasteiger partial charge in [0.05, 0.1) is 7.11 Å². The van der Waals surface area contributed by atoms with Gasteiger partial charge in [-0.15, -0.1) is 0 Å². The molecule has 1 aromatic carbocycles. The van der Waals surface area contributed by atoms with Crippen molar-refractivity contribution < 1.29 is 14.3 Å². The highest BCUT2D eigenvalue weighted by Gasteiger charge is 2.28. The number of para-hydroxylation sites is 2. The summed E-state index contributed by atoms with van der Waals surface area (Å²) in [5, 5.41) is 2.96. The molecule has 0 aromatic heterocycles. The van der Waals surface area contributed by atoms with Gasteiger partial charge in [0, 0.05) is 6.04 Å². The molecule has 2 rings (SSSR count). The zero-order chi connectivity index (χ0) is 13.0. The Morgan fingerprint density at radius 3 is 2.61 bits per heavy atom. The Balaban J connectivity index is 2.01. The van der Waals surface area contributed by atoms with E-state index >= 15 is 0 Å². The van der Waals surface area contributed by atoms with E-state index in [1.54, 1.807) is 7.11 Å². The van der Waals surface area contributed by atoms with Crippen molar-refractivity contribution in [1.82, 2.24) is 5.32 Å². The molecule has 1 saturated carbocycles. The maximum Gasteiger partial charge on any atom is 0.261 e. The number of methoxy groups -OCH3 is 1. The van der Waals surface area contributed by atoms with Crippen molar-refractivity contribution in [2.24, 2.45) is 0 Å². The summed E-state index contributed by atoms with van der Waals surface area (Å²) in [6, 6.07) is 7.72. The van der Waals surface area contributed by atoms with Gasteiger partial charge in [0.25, 0.3) is 5.91 Å². The maximum atomic E-state index is 12.0. The van der Waals surface area contributed by atoms with Gasteiger partial charge >= 0.3 is 0 Å². The van der Waals surface area contributed by atoms with Crippen molar-refractivity contribution in [2.45, 2.75) is 38.3 Å². The lowest BCUT2D eigenvalue weighted by Crippen LogP contribution is -2.39. The predicted octanol–water partition coefficient (Wildman–Crippen LogP) is 2.13. The van der Waals surface area contributed by atoms with Crippen LogP contribution in [0.25, 0.3) is 0 Å². The zero-order valence-corrected chi connectivity index (χ0v) is 10.8. The Morgan fingerprint density at radius 1 is 1.39 bits per heavy atom. The molecule has 0 saturated heterocycles. The monoisotopic (exact) mass is 249 g/mol. The van der Waals surface area contributed by atoms with E-state index in [1.807, 2.05) is 31.2 Å². The third-order valence-corrected chi connectivity index (χ3v) is 2.93. The van der Waals surface area contributed by atoms with Crippen LogP contribution in [0.1, 0.15) is 26.2 Å². The predicted molar refractivity (Wildman–Crippen MR) is 68.9 cm³/mol. The molecule has 0 aliphatic heterocycles. The van der Waals surface area contributed by atoms with Crippen molar-refractivity contribution in [1.29, 1.82) is 0 Å². The molecule has 1 atom stereocenters. The first-order valence-corrected chi connectivity index (χ1v) is 6.34. The molecule has 1 aliphatic rings. The highest BCUT2D eigenvalue weighted by Crippen LogP contribution is 2.27. The van der Waals surface area contributed by atoms with Gasteiger partial charge in [-0.2, -0.15) is 0 Å². The minimum atomic E-state index is -0.457. The molecule has 1 aromatic rings. The van der Waals surface area contributed by atoms with Crippen LogP contribution in [0.4, 0.5) is 0 Å². The molecule has 1 unspecified atom stereocenters. The van der Waals surface area contributed by atoms with Crippen LogP contribution >= 0.6 is 0 Å². The summed E-state index contributed by atoms with van der Waals surface area (Å²) < 4.78 is 10.9. The average Bonchev–Trinajstić information content (AvgIpc) is 3.20. The molecule has 4 heteroatoms. The van der Waals surface area contributed by atoms with Crippen molar-refractivity contribution in [3.63, 3.8) is 0 Å². The third kappa shape index (κ3) is 3.15. The van der Waals surface area contributed by atoms with E-state index in [0.29, 0.717) is 24.0 Å². The summed E-state index contributed by atoms with van der Waals surface area (Å²) in [7, 11) is 1.59. The second-order valence-corrected chi connectivity index (χ2v) is 4.45. The van der Waals surface area contributed by atoms with Crippen LogP contribution in [0.3, 0.4) is 0 Å². The first-order valence-electron chi connectivity index (χ1n) is 6.34. The molecule has 4 nitrogen and oxygen atoms in total. The molecule has 1 fully saturated rings. The summed E-state index contributed by atoms with van der Waals surface area (Å²) in [5.74, 6) is 1.22. The molecule has 18 heavy (non-hydrogen) atoms. The zero-order valence-electron chi connectivity index (χ0n) is 10.8. The Morgan fingerprint density at radius 2 is 2.06 bits per heavy atom. The largest absolute Gasteiger partial charge is 0.493 e. The molecular weight excluding hydrogens is 230 g/mol. The van der Waals surface area contributed by atoms with Gasteiger partial charge in [-0.05, 0) is 31.4 Å². The van der Waals surface area contributed by atoms with Gasteiger partial charge < -0.3 is 14.8 Å². The summed E-state index contributed by atoms with van der Waals surface area (Å²) in [4.78, 5) is 12.0. The molecule has 0 heterocycles. The van der Waals surface area contributed by atoms with Crippen LogP contribution in [-0.2, 0) is 4.79 Å². The number of carbonyl (C=O) groups excluding carboxylic acids is 1. The Hall–Kier alpha value is -1.71. The van der Waals surface area contributed by atoms with Gasteiger partial charge in [0.2, 0.25) is 0 Å². The van der Waals surface area contributed by atoms with E-state index in [4.69, 9.17) is 9.47 Å². The van der Waals surface area contributed by atoms with E-state index < -0.39 is 6.10 Å². The van der Waals surface area contributed by atoms with E-state index in [-0.39, 0.29) is 5.91 Å². The molecule has 0 spiro atoms. The van der Waals surface area contributed by atoms with Crippen LogP contribution in [0.15, 0.2) is 24.3 Å². The topological polar surface area (TPSA) is 47.6 Å². The second-order valence-electron chi connectivity index (χ2n) is 4.45. The van der Waals surface area contributed by atoms with Gasteiger partial charge in [0.15, 0.2) is 17.6 Å². The molecule has 1 amide bonds. The lowest BCUT2D eigenvalue weighted by Gasteiger charge is -2.18. The number of hydrogen-bond donors (Lipinski definition) is 1. The molecule has 0 radical (unpaired) electrons. The minimum absolute atomic E-state index is 0.0362. The lowest BCUT2D eigenvalue weighted by molar-refractivity contribution is -0.128. The van der Waals surface area contributed by atoms with E-state index in [9.17, 15) is 4.79 Å². The molecule has 1 aliphatic carbocycles. The normalized spacial score (nSPS) is 15.9. The number of rotatable bonds is 6. The molecule has 98 valence electrons. The maximum absolute atomic E-state index is 12.0. The number of nitrogens with one attached hydrogen (secondary N) is 1. The fraction of sp³-hybridized carbons (Fsp3) is 0.500. The van der Waals surface area contributed by atoms with Gasteiger partial charge in [0.1, 0.15) is 0 Å². The van der Waals surface area contributed by atoms with Crippen molar-refractivity contribution in [3.05, 3.63) is 24.3 Å². The van der Waals surface area contributed by atoms with E-state index in [1.165, 1.54) is 0 Å². The fourth-order valence-electron chi connectivity index (χ4n) is 1.71. The van der Waals surface area contributed by atoms with Crippen molar-refractivity contribution in [2.75, 3.05) is 7.11 Å². The Bertz CT molecular complexity index is 415. The standard InChI is InChI=1S/C14H19NO3/c1-3-11(14(16)15-10-8-9-10)18-13-7-5-4-6-12(13)17-2/h4-7,10-11H,3,8-9H2,1-2H3,(H,15,16). The number of ether oxygens (including phenoxy) is 2. The lowest BCUT2D eigenvalue weighted by atomic mass is 10.2. The second kappa shape index (κ2) is 5.76. The first kappa shape index (κ1) is 12.7. The molecule has 1 N–H and O–H groups in total. The van der Waals surface area contributed by atoms with Crippen LogP contribution in [-0.4, -0.2) is 25.2 Å². The smallest absolute Gasteiger partial charge is 0.261 e. The average molecular weight is 249 g/mol. The number of carbonyl (C=O) groups is 1. The summed E-state index contributed by atoms with van der Waals surface area (Å²) >= 11 is 0. The van der Waals surface area contributed by atoms with Gasteiger partial charge in [-0.25, -0.2) is 0 Å². The number of amides is 1. The summed E-state index contributed by atoms with van der Waals surface area (Å²) in [6.07, 6.45) is 2.34. The number of hydrogen-bond acceptors (Lipinski definition) is 3.